The average Bonchev–Trinajstić information content (AvgIpc) is 2.16. The summed E-state index contributed by atoms with van der Waals surface area (Å²) in [6.07, 6.45) is -5.63. The second kappa shape index (κ2) is 23.7. The molecular weight excluding hydrogens is 681 g/mol. The van der Waals surface area contributed by atoms with Crippen molar-refractivity contribution in [1.29, 1.82) is 0 Å². The first-order chi connectivity index (χ1) is 10.4. The van der Waals surface area contributed by atoms with Gasteiger partial charge in [-0.1, -0.05) is 30.4 Å². The van der Waals surface area contributed by atoms with Crippen LogP contribution in [0, 0.1) is 40.4 Å². The Morgan fingerprint density at radius 1 is 0.433 bits per heavy atom. The van der Waals surface area contributed by atoms with Crippen LogP contribution in [0.5, 0.6) is 0 Å². The Hall–Kier alpha value is 6.86. The van der Waals surface area contributed by atoms with Crippen LogP contribution in [0.2, 0.25) is 0 Å². The zero-order chi connectivity index (χ0) is 19.4. The molecule has 0 aromatic heterocycles. The van der Waals surface area contributed by atoms with Crippen molar-refractivity contribution < 1.29 is 246 Å². The van der Waals surface area contributed by atoms with E-state index in [1.807, 2.05) is 0 Å². The quantitative estimate of drug-likeness (QED) is 0.144. The summed E-state index contributed by atoms with van der Waals surface area (Å²) in [5, 5.41) is 0. The average molecular weight is 693 g/mol. The van der Waals surface area contributed by atoms with E-state index in [1.165, 1.54) is 0 Å². The molecule has 0 N–H and O–H groups in total. The van der Waals surface area contributed by atoms with Crippen LogP contribution in [0.1, 0.15) is 0 Å². The standard InChI is InChI=1S/C6H20N2O12P4.5Na.Sm/c9-21(10,11)3-7(4-22(12,13)14)1-2-8(5-23(15,16)17)6-24(18,19)20;;;;;;/h1-6H2,(H2,9,10,11)(H2,12,13,14)(H2,15,16,17)(H2,18,19,20);;;;;;/q;5*+1;/p-8. The number of hydrogen-bond acceptors (Lipinski definition) is 14. The summed E-state index contributed by atoms with van der Waals surface area (Å²) in [6, 6.07) is 0. The van der Waals surface area contributed by atoms with Crippen LogP contribution in [-0.4, -0.2) is 48.0 Å². The maximum absolute atomic E-state index is 10.7. The molecule has 0 bridgehead atoms. The zero-order valence-corrected chi connectivity index (χ0v) is 33.4. The summed E-state index contributed by atoms with van der Waals surface area (Å²) in [6.45, 7) is -1.55. The molecule has 14 nitrogen and oxygen atoms in total. The molecule has 0 aliphatic rings. The van der Waals surface area contributed by atoms with Crippen LogP contribution in [0.3, 0.4) is 0 Å². The van der Waals surface area contributed by atoms with E-state index in [2.05, 4.69) is 0 Å². The van der Waals surface area contributed by atoms with Gasteiger partial charge in [0.1, 0.15) is 0 Å². The molecule has 0 unspecified atom stereocenters. The van der Waals surface area contributed by atoms with Crippen molar-refractivity contribution in [3.05, 3.63) is 0 Å². The van der Waals surface area contributed by atoms with Gasteiger partial charge < -0.3 is 57.4 Å². The molecule has 0 aromatic rings. The summed E-state index contributed by atoms with van der Waals surface area (Å²) in [5.41, 5.74) is 0. The summed E-state index contributed by atoms with van der Waals surface area (Å²) >= 11 is 0. The number of nitrogens with zero attached hydrogens (tertiary/aromatic N) is 2. The summed E-state index contributed by atoms with van der Waals surface area (Å²) in [7, 11) is -21.2. The van der Waals surface area contributed by atoms with Gasteiger partial charge in [0.2, 0.25) is 0 Å². The normalized spacial score (nSPS) is 11.7. The molecule has 0 fully saturated rings. The van der Waals surface area contributed by atoms with Gasteiger partial charge in [0.05, 0.1) is 0 Å². The van der Waals surface area contributed by atoms with E-state index in [4.69, 9.17) is 0 Å². The summed E-state index contributed by atoms with van der Waals surface area (Å²) < 4.78 is 42.7. The van der Waals surface area contributed by atoms with Crippen LogP contribution in [0.25, 0.3) is 0 Å². The van der Waals surface area contributed by atoms with Gasteiger partial charge in [0, 0.05) is 78.6 Å². The van der Waals surface area contributed by atoms with Crippen molar-refractivity contribution >= 4 is 30.4 Å². The van der Waals surface area contributed by atoms with Crippen molar-refractivity contribution in [3.8, 4) is 0 Å². The zero-order valence-electron chi connectivity index (χ0n) is 17.2. The molecule has 0 amide bonds. The van der Waals surface area contributed by atoms with Crippen LogP contribution in [0.4, 0.5) is 0 Å². The molecule has 0 heterocycles. The van der Waals surface area contributed by atoms with Crippen molar-refractivity contribution in [3.63, 3.8) is 0 Å². The topological polar surface area (TPSA) is 259 Å². The minimum atomic E-state index is -5.30. The minimum Gasteiger partial charge on any atom is -0.810 e. The smallest absolute Gasteiger partial charge is 0.810 e. The third-order valence-corrected chi connectivity index (χ3v) is 5.21. The van der Waals surface area contributed by atoms with Crippen molar-refractivity contribution in [1.82, 2.24) is 9.80 Å². The Morgan fingerprint density at radius 2 is 0.567 bits per heavy atom. The fraction of sp³-hybridized carbons (Fsp3) is 1.00. The van der Waals surface area contributed by atoms with Gasteiger partial charge in [-0.15, -0.1) is 0 Å². The Bertz CT molecular complexity index is 512. The van der Waals surface area contributed by atoms with Gasteiger partial charge in [0.25, 0.3) is 0 Å². The monoisotopic (exact) mass is 695 g/mol. The molecule has 0 aromatic carbocycles. The summed E-state index contributed by atoms with van der Waals surface area (Å²) in [5.74, 6) is 0. The van der Waals surface area contributed by atoms with Crippen molar-refractivity contribution in [2.75, 3.05) is 38.2 Å². The maximum Gasteiger partial charge on any atom is 1.00 e. The van der Waals surface area contributed by atoms with Crippen LogP contribution in [-0.2, 0) is 18.3 Å². The van der Waals surface area contributed by atoms with E-state index < -0.39 is 68.6 Å². The van der Waals surface area contributed by atoms with E-state index in [1.54, 1.807) is 0 Å². The van der Waals surface area contributed by atoms with Crippen LogP contribution >= 0.6 is 30.4 Å². The molecule has 0 spiro atoms. The second-order valence-electron chi connectivity index (χ2n) is 4.80. The van der Waals surface area contributed by atoms with E-state index in [9.17, 15) is 57.4 Å². The summed E-state index contributed by atoms with van der Waals surface area (Å²) in [4.78, 5) is 85.9. The first kappa shape index (κ1) is 53.2. The van der Waals surface area contributed by atoms with Crippen molar-refractivity contribution in [2.24, 2.45) is 0 Å². The molecule has 24 heteroatoms. The second-order valence-corrected chi connectivity index (χ2v) is 10.8. The largest absolute Gasteiger partial charge is 1.00 e. The maximum atomic E-state index is 10.7. The molecule has 30 heavy (non-hydrogen) atoms. The van der Waals surface area contributed by atoms with E-state index in [0.717, 1.165) is 0 Å². The Kier molecular flexibility index (Phi) is 42.0. The van der Waals surface area contributed by atoms with Gasteiger partial charge in [-0.3, -0.25) is 9.80 Å². The molecule has 0 aliphatic carbocycles. The molecule has 0 rings (SSSR count). The van der Waals surface area contributed by atoms with Gasteiger partial charge in [-0.05, 0) is 0 Å². The van der Waals surface area contributed by atoms with Crippen molar-refractivity contribution in [2.45, 2.75) is 0 Å². The molecule has 0 aliphatic heterocycles. The SMILES string of the molecule is O=P([O-])([O-])CN(CCN(CP(=O)([O-])[O-])CP(=O)([O-])[O-])CP(=O)([O-])[O-].[Na+].[Na+].[Na+].[Na+].[Na+].[Sm]. The molecule has 0 radical (unpaired) electrons. The first-order valence-corrected chi connectivity index (χ1v) is 12.8. The van der Waals surface area contributed by atoms with Crippen LogP contribution < -0.4 is 187 Å². The molecule has 0 saturated carbocycles. The van der Waals surface area contributed by atoms with Crippen LogP contribution in [0.15, 0.2) is 0 Å². The van der Waals surface area contributed by atoms with Gasteiger partial charge in [0.15, 0.2) is 0 Å². The molecular formula is C6H12N2Na5O12P4Sm-3. The molecule has 152 valence electrons. The Balaban J connectivity index is -0.000000176. The number of rotatable bonds is 11. The predicted octanol–water partition coefficient (Wildman–Crippen LogP) is -21.9. The third kappa shape index (κ3) is 39.4. The van der Waals surface area contributed by atoms with E-state index >= 15 is 0 Å². The van der Waals surface area contributed by atoms with E-state index in [0.29, 0.717) is 9.80 Å². The van der Waals surface area contributed by atoms with Gasteiger partial charge in [-0.2, -0.15) is 0 Å². The number of hydrogen-bond donors (Lipinski definition) is 0. The Morgan fingerprint density at radius 3 is 0.667 bits per heavy atom. The predicted molar refractivity (Wildman–Crippen MR) is 63.3 cm³/mol. The molecule has 0 atom stereocenters. The van der Waals surface area contributed by atoms with Gasteiger partial charge >= 0.3 is 148 Å². The molecule has 0 saturated heterocycles. The minimum absolute atomic E-state index is 0. The fourth-order valence-electron chi connectivity index (χ4n) is 1.63. The Labute approximate surface area is 317 Å². The first-order valence-electron chi connectivity index (χ1n) is 5.85. The third-order valence-electron chi connectivity index (χ3n) is 2.23. The fourth-order valence-corrected chi connectivity index (χ4v) is 4.88. The van der Waals surface area contributed by atoms with E-state index in [-0.39, 0.29) is 188 Å². The van der Waals surface area contributed by atoms with Gasteiger partial charge in [-0.25, -0.2) is 0 Å².